The Morgan fingerprint density at radius 3 is 2.68 bits per heavy atom. The van der Waals surface area contributed by atoms with Crippen LogP contribution in [0.15, 0.2) is 61.2 Å². The van der Waals surface area contributed by atoms with E-state index in [9.17, 15) is 14.0 Å². The van der Waals surface area contributed by atoms with E-state index in [-0.39, 0.29) is 17.7 Å². The van der Waals surface area contributed by atoms with Crippen molar-refractivity contribution in [2.45, 2.75) is 0 Å². The summed E-state index contributed by atoms with van der Waals surface area (Å²) < 4.78 is 18.9. The standard InChI is InChI=1S/C19H17FN2O3/c1-2-18(23)22-11-13(12-22)19(24)21-16-8-3-4-9-17(16)25-15-7-5-6-14(20)10-15/h2-10,13H,1,11-12H2,(H,21,24). The zero-order valence-corrected chi connectivity index (χ0v) is 13.4. The summed E-state index contributed by atoms with van der Waals surface area (Å²) in [6.45, 7) is 4.15. The highest BCUT2D eigenvalue weighted by atomic mass is 19.1. The summed E-state index contributed by atoms with van der Waals surface area (Å²) in [4.78, 5) is 25.3. The van der Waals surface area contributed by atoms with Crippen LogP contribution in [0.5, 0.6) is 11.5 Å². The van der Waals surface area contributed by atoms with Gasteiger partial charge in [-0.05, 0) is 30.3 Å². The van der Waals surface area contributed by atoms with Crippen molar-refractivity contribution in [2.24, 2.45) is 5.92 Å². The minimum Gasteiger partial charge on any atom is -0.455 e. The third kappa shape index (κ3) is 3.85. The predicted molar refractivity (Wildman–Crippen MR) is 91.8 cm³/mol. The second-order valence-corrected chi connectivity index (χ2v) is 5.69. The van der Waals surface area contributed by atoms with Gasteiger partial charge in [-0.1, -0.05) is 24.8 Å². The predicted octanol–water partition coefficient (Wildman–Crippen LogP) is 3.20. The molecule has 128 valence electrons. The van der Waals surface area contributed by atoms with Gasteiger partial charge >= 0.3 is 0 Å². The Kier molecular flexibility index (Phi) is 4.79. The molecule has 0 bridgehead atoms. The summed E-state index contributed by atoms with van der Waals surface area (Å²) in [5, 5.41) is 2.80. The lowest BCUT2D eigenvalue weighted by Gasteiger charge is -2.37. The van der Waals surface area contributed by atoms with Gasteiger partial charge in [-0.15, -0.1) is 0 Å². The topological polar surface area (TPSA) is 58.6 Å². The van der Waals surface area contributed by atoms with Gasteiger partial charge in [-0.2, -0.15) is 0 Å². The van der Waals surface area contributed by atoms with Crippen LogP contribution in [-0.4, -0.2) is 29.8 Å². The van der Waals surface area contributed by atoms with Gasteiger partial charge in [0.2, 0.25) is 11.8 Å². The lowest BCUT2D eigenvalue weighted by Crippen LogP contribution is -2.53. The summed E-state index contributed by atoms with van der Waals surface area (Å²) in [7, 11) is 0. The fourth-order valence-electron chi connectivity index (χ4n) is 2.50. The molecule has 0 saturated carbocycles. The van der Waals surface area contributed by atoms with E-state index in [4.69, 9.17) is 4.74 Å². The third-order valence-corrected chi connectivity index (χ3v) is 3.91. The van der Waals surface area contributed by atoms with Crippen LogP contribution in [0.4, 0.5) is 10.1 Å². The van der Waals surface area contributed by atoms with E-state index >= 15 is 0 Å². The Morgan fingerprint density at radius 2 is 1.96 bits per heavy atom. The maximum absolute atomic E-state index is 13.3. The van der Waals surface area contributed by atoms with Crippen molar-refractivity contribution in [3.05, 3.63) is 67.0 Å². The number of benzene rings is 2. The monoisotopic (exact) mass is 340 g/mol. The molecule has 5 nitrogen and oxygen atoms in total. The third-order valence-electron chi connectivity index (χ3n) is 3.91. The quantitative estimate of drug-likeness (QED) is 0.851. The second kappa shape index (κ2) is 7.17. The first kappa shape index (κ1) is 16.7. The van der Waals surface area contributed by atoms with Gasteiger partial charge in [0.25, 0.3) is 0 Å². The zero-order chi connectivity index (χ0) is 17.8. The van der Waals surface area contributed by atoms with Gasteiger partial charge < -0.3 is 15.0 Å². The zero-order valence-electron chi connectivity index (χ0n) is 13.4. The number of para-hydroxylation sites is 2. The fourth-order valence-corrected chi connectivity index (χ4v) is 2.50. The van der Waals surface area contributed by atoms with Crippen molar-refractivity contribution in [3.8, 4) is 11.5 Å². The maximum atomic E-state index is 13.3. The number of carbonyl (C=O) groups is 2. The molecule has 2 amide bonds. The number of ether oxygens (including phenoxy) is 1. The molecule has 0 aliphatic carbocycles. The second-order valence-electron chi connectivity index (χ2n) is 5.69. The van der Waals surface area contributed by atoms with E-state index in [2.05, 4.69) is 11.9 Å². The normalized spacial score (nSPS) is 13.7. The SMILES string of the molecule is C=CC(=O)N1CC(C(=O)Nc2ccccc2Oc2cccc(F)c2)C1. The summed E-state index contributed by atoms with van der Waals surface area (Å²) in [6, 6.07) is 12.7. The van der Waals surface area contributed by atoms with Gasteiger partial charge in [0, 0.05) is 19.2 Å². The van der Waals surface area contributed by atoms with E-state index < -0.39 is 5.82 Å². The van der Waals surface area contributed by atoms with Crippen molar-refractivity contribution in [1.82, 2.24) is 4.90 Å². The van der Waals surface area contributed by atoms with Crippen molar-refractivity contribution in [1.29, 1.82) is 0 Å². The van der Waals surface area contributed by atoms with Crippen LogP contribution in [-0.2, 0) is 9.59 Å². The number of anilines is 1. The number of hydrogen-bond acceptors (Lipinski definition) is 3. The van der Waals surface area contributed by atoms with Crippen molar-refractivity contribution < 1.29 is 18.7 Å². The van der Waals surface area contributed by atoms with Gasteiger partial charge in [-0.3, -0.25) is 9.59 Å². The number of nitrogens with zero attached hydrogens (tertiary/aromatic N) is 1. The van der Waals surface area contributed by atoms with Crippen molar-refractivity contribution in [2.75, 3.05) is 18.4 Å². The van der Waals surface area contributed by atoms with Gasteiger partial charge in [0.05, 0.1) is 11.6 Å². The van der Waals surface area contributed by atoms with Gasteiger partial charge in [0.15, 0.2) is 5.75 Å². The summed E-state index contributed by atoms with van der Waals surface area (Å²) in [5.74, 6) is -0.290. The average molecular weight is 340 g/mol. The fraction of sp³-hybridized carbons (Fsp3) is 0.158. The van der Waals surface area contributed by atoms with Gasteiger partial charge in [-0.25, -0.2) is 4.39 Å². The van der Waals surface area contributed by atoms with E-state index in [1.54, 1.807) is 41.3 Å². The van der Waals surface area contributed by atoms with Gasteiger partial charge in [0.1, 0.15) is 11.6 Å². The molecule has 3 rings (SSSR count). The molecule has 1 aliphatic rings. The summed E-state index contributed by atoms with van der Waals surface area (Å²) in [5.41, 5.74) is 0.491. The number of nitrogens with one attached hydrogen (secondary N) is 1. The molecule has 0 atom stereocenters. The minimum atomic E-state index is -0.402. The summed E-state index contributed by atoms with van der Waals surface area (Å²) >= 11 is 0. The molecule has 1 aliphatic heterocycles. The molecule has 0 radical (unpaired) electrons. The Bertz CT molecular complexity index is 816. The molecule has 0 unspecified atom stereocenters. The van der Waals surface area contributed by atoms with Crippen LogP contribution in [0, 0.1) is 11.7 Å². The van der Waals surface area contributed by atoms with E-state index in [0.717, 1.165) is 0 Å². The Morgan fingerprint density at radius 1 is 1.20 bits per heavy atom. The first-order valence-electron chi connectivity index (χ1n) is 7.81. The molecule has 6 heteroatoms. The highest BCUT2D eigenvalue weighted by molar-refractivity contribution is 5.97. The van der Waals surface area contributed by atoms with E-state index in [1.165, 1.54) is 18.2 Å². The minimum absolute atomic E-state index is 0.182. The highest BCUT2D eigenvalue weighted by Gasteiger charge is 2.34. The number of hydrogen-bond donors (Lipinski definition) is 1. The molecule has 25 heavy (non-hydrogen) atoms. The van der Waals surface area contributed by atoms with Crippen molar-refractivity contribution >= 4 is 17.5 Å². The number of carbonyl (C=O) groups excluding carboxylic acids is 2. The average Bonchev–Trinajstić information content (AvgIpc) is 2.55. The Labute approximate surface area is 144 Å². The lowest BCUT2D eigenvalue weighted by atomic mass is 9.99. The Hall–Kier alpha value is -3.15. The first-order chi connectivity index (χ1) is 12.1. The highest BCUT2D eigenvalue weighted by Crippen LogP contribution is 2.30. The lowest BCUT2D eigenvalue weighted by molar-refractivity contribution is -0.137. The number of amides is 2. The van der Waals surface area contributed by atoms with Crippen LogP contribution in [0.2, 0.25) is 0 Å². The molecule has 0 aromatic heterocycles. The van der Waals surface area contributed by atoms with Crippen molar-refractivity contribution in [3.63, 3.8) is 0 Å². The largest absolute Gasteiger partial charge is 0.455 e. The van der Waals surface area contributed by atoms with Crippen LogP contribution in [0.25, 0.3) is 0 Å². The Balaban J connectivity index is 1.66. The van der Waals surface area contributed by atoms with E-state index in [1.807, 2.05) is 0 Å². The van der Waals surface area contributed by atoms with E-state index in [0.29, 0.717) is 30.3 Å². The van der Waals surface area contributed by atoms with Crippen LogP contribution >= 0.6 is 0 Å². The first-order valence-corrected chi connectivity index (χ1v) is 7.81. The number of rotatable bonds is 5. The molecule has 2 aromatic rings. The molecule has 0 spiro atoms. The molecule has 1 fully saturated rings. The molecule has 1 N–H and O–H groups in total. The molecular formula is C19H17FN2O3. The van der Waals surface area contributed by atoms with Crippen LogP contribution in [0.3, 0.4) is 0 Å². The number of halogens is 1. The molecular weight excluding hydrogens is 323 g/mol. The smallest absolute Gasteiger partial charge is 0.246 e. The van der Waals surface area contributed by atoms with Crippen LogP contribution in [0.1, 0.15) is 0 Å². The molecule has 1 saturated heterocycles. The molecule has 2 aromatic carbocycles. The summed E-state index contributed by atoms with van der Waals surface area (Å²) in [6.07, 6.45) is 1.23. The number of likely N-dealkylation sites (tertiary alicyclic amines) is 1. The molecule has 1 heterocycles. The van der Waals surface area contributed by atoms with Crippen LogP contribution < -0.4 is 10.1 Å². The maximum Gasteiger partial charge on any atom is 0.246 e.